The summed E-state index contributed by atoms with van der Waals surface area (Å²) in [6, 6.07) is 11.4. The molecular formula is C31H36N8O12. The van der Waals surface area contributed by atoms with Crippen molar-refractivity contribution < 1.29 is 57.8 Å². The highest BCUT2D eigenvalue weighted by Gasteiger charge is 2.49. The standard InChI is InChI=1S/C31H36N8O12/c1-48-29(46)50-37-24(32)18-4-8-20(9-5-18)26(43)34-13-3-12-31(28(45)39(15-14-36-31)17-23(41)42)22(40)16-35-27(44)21-10-6-19(7-11-21)25(33)38-51-30(47)49-2/h4-11,36H,3,12-17H2,1-2H3,(H2,32,37)(H2,33,38)(H,34,43)(H,35,44)(H,41,42). The predicted molar refractivity (Wildman–Crippen MR) is 175 cm³/mol. The van der Waals surface area contributed by atoms with Crippen LogP contribution in [0, 0.1) is 0 Å². The second-order valence-electron chi connectivity index (χ2n) is 10.6. The number of amides is 3. The number of piperazine rings is 1. The number of carbonyl (C=O) groups excluding carboxylic acids is 6. The summed E-state index contributed by atoms with van der Waals surface area (Å²) >= 11 is 0. The van der Waals surface area contributed by atoms with Gasteiger partial charge >= 0.3 is 18.3 Å². The van der Waals surface area contributed by atoms with Gasteiger partial charge in [-0.1, -0.05) is 34.6 Å². The molecule has 0 bridgehead atoms. The Morgan fingerprint density at radius 2 is 1.29 bits per heavy atom. The first-order valence-electron chi connectivity index (χ1n) is 15.0. The van der Waals surface area contributed by atoms with Gasteiger partial charge in [0.1, 0.15) is 6.54 Å². The van der Waals surface area contributed by atoms with Crippen LogP contribution in [0.15, 0.2) is 58.8 Å². The van der Waals surface area contributed by atoms with Crippen molar-refractivity contribution >= 4 is 53.5 Å². The van der Waals surface area contributed by atoms with Gasteiger partial charge in [-0.15, -0.1) is 0 Å². The monoisotopic (exact) mass is 712 g/mol. The molecule has 8 N–H and O–H groups in total. The minimum absolute atomic E-state index is 0.0237. The van der Waals surface area contributed by atoms with E-state index < -0.39 is 60.4 Å². The fourth-order valence-electron chi connectivity index (χ4n) is 4.73. The van der Waals surface area contributed by atoms with E-state index >= 15 is 0 Å². The van der Waals surface area contributed by atoms with Gasteiger partial charge in [0.2, 0.25) is 0 Å². The van der Waals surface area contributed by atoms with Gasteiger partial charge in [-0.05, 0) is 37.1 Å². The minimum Gasteiger partial charge on any atom is -0.480 e. The lowest BCUT2D eigenvalue weighted by atomic mass is 9.84. The first-order valence-corrected chi connectivity index (χ1v) is 15.0. The Morgan fingerprint density at radius 1 is 0.824 bits per heavy atom. The molecule has 2 aromatic carbocycles. The van der Waals surface area contributed by atoms with Crippen LogP contribution in [0.1, 0.15) is 44.7 Å². The van der Waals surface area contributed by atoms with Gasteiger partial charge in [0.05, 0.1) is 20.8 Å². The number of ketones is 1. The molecule has 20 heteroatoms. The number of nitrogens with zero attached hydrogens (tertiary/aromatic N) is 3. The number of aliphatic carboxylic acids is 1. The summed E-state index contributed by atoms with van der Waals surface area (Å²) < 4.78 is 8.59. The number of nitrogens with one attached hydrogen (secondary N) is 3. The highest BCUT2D eigenvalue weighted by atomic mass is 16.8. The van der Waals surface area contributed by atoms with Crippen molar-refractivity contribution in [3.63, 3.8) is 0 Å². The van der Waals surface area contributed by atoms with Crippen molar-refractivity contribution in [2.24, 2.45) is 21.8 Å². The molecule has 1 aliphatic rings. The molecule has 2 aromatic rings. The van der Waals surface area contributed by atoms with Crippen LogP contribution in [0.5, 0.6) is 0 Å². The Morgan fingerprint density at radius 3 is 1.76 bits per heavy atom. The first kappa shape index (κ1) is 38.9. The molecule has 0 radical (unpaired) electrons. The summed E-state index contributed by atoms with van der Waals surface area (Å²) in [4.78, 5) is 96.3. The van der Waals surface area contributed by atoms with Crippen molar-refractivity contribution in [3.8, 4) is 0 Å². The van der Waals surface area contributed by atoms with Crippen LogP contribution >= 0.6 is 0 Å². The summed E-state index contributed by atoms with van der Waals surface area (Å²) in [6.45, 7) is -1.07. The number of hydrogen-bond donors (Lipinski definition) is 6. The number of carbonyl (C=O) groups is 7. The first-order chi connectivity index (χ1) is 24.3. The van der Waals surface area contributed by atoms with Gasteiger partial charge < -0.3 is 41.6 Å². The van der Waals surface area contributed by atoms with E-state index in [1.807, 2.05) is 0 Å². The van der Waals surface area contributed by atoms with Crippen LogP contribution in [0.2, 0.25) is 0 Å². The minimum atomic E-state index is -1.88. The summed E-state index contributed by atoms with van der Waals surface area (Å²) in [5.74, 6) is -4.24. The van der Waals surface area contributed by atoms with E-state index in [9.17, 15) is 38.7 Å². The Labute approximate surface area is 290 Å². The summed E-state index contributed by atoms with van der Waals surface area (Å²) in [5.41, 5.74) is 10.7. The normalized spacial score (nSPS) is 16.0. The SMILES string of the molecule is COC(=O)ON=C(N)c1ccc(C(=O)NCCCC2(C(=O)CNC(=O)c3ccc(C(N)=NOC(=O)OC)cc3)NCCN(CC(=O)O)C2=O)cc1. The maximum Gasteiger partial charge on any atom is 0.534 e. The molecule has 1 unspecified atom stereocenters. The van der Waals surface area contributed by atoms with Crippen LogP contribution in [-0.2, 0) is 33.5 Å². The molecule has 0 aliphatic carbocycles. The molecule has 1 saturated heterocycles. The smallest absolute Gasteiger partial charge is 0.480 e. The lowest BCUT2D eigenvalue weighted by Crippen LogP contribution is -2.70. The van der Waals surface area contributed by atoms with E-state index in [0.717, 1.165) is 19.1 Å². The third kappa shape index (κ3) is 10.7. The number of amidine groups is 2. The van der Waals surface area contributed by atoms with Crippen molar-refractivity contribution in [3.05, 3.63) is 70.8 Å². The molecule has 3 amide bonds. The van der Waals surface area contributed by atoms with Crippen LogP contribution in [-0.4, -0.2) is 116 Å². The lowest BCUT2D eigenvalue weighted by Gasteiger charge is -2.41. The third-order valence-electron chi connectivity index (χ3n) is 7.34. The molecule has 1 fully saturated rings. The maximum atomic E-state index is 13.6. The number of oxime groups is 2. The van der Waals surface area contributed by atoms with Gasteiger partial charge in [0, 0.05) is 41.9 Å². The molecule has 20 nitrogen and oxygen atoms in total. The number of benzene rings is 2. The quantitative estimate of drug-likeness (QED) is 0.0252. The average Bonchev–Trinajstić information content (AvgIpc) is 3.14. The molecule has 0 saturated carbocycles. The number of carboxylic acids is 1. The zero-order valence-corrected chi connectivity index (χ0v) is 27.5. The van der Waals surface area contributed by atoms with Crippen molar-refractivity contribution in [2.75, 3.05) is 46.9 Å². The third-order valence-corrected chi connectivity index (χ3v) is 7.34. The Kier molecular flexibility index (Phi) is 13.9. The van der Waals surface area contributed by atoms with Gasteiger partial charge in [0.15, 0.2) is 23.0 Å². The molecule has 1 aliphatic heterocycles. The number of methoxy groups -OCH3 is 2. The van der Waals surface area contributed by atoms with E-state index in [1.54, 1.807) is 0 Å². The maximum absolute atomic E-state index is 13.6. The molecule has 0 aromatic heterocycles. The summed E-state index contributed by atoms with van der Waals surface area (Å²) in [7, 11) is 2.19. The highest BCUT2D eigenvalue weighted by molar-refractivity contribution is 6.13. The lowest BCUT2D eigenvalue weighted by molar-refractivity contribution is -0.153. The van der Waals surface area contributed by atoms with E-state index in [2.05, 4.69) is 45.4 Å². The van der Waals surface area contributed by atoms with Gasteiger partial charge in [-0.3, -0.25) is 39.0 Å². The molecule has 3 rings (SSSR count). The second-order valence-corrected chi connectivity index (χ2v) is 10.6. The van der Waals surface area contributed by atoms with Gasteiger partial charge in [0.25, 0.3) is 17.7 Å². The Hall–Kier alpha value is -6.57. The van der Waals surface area contributed by atoms with E-state index in [4.69, 9.17) is 11.5 Å². The van der Waals surface area contributed by atoms with Crippen LogP contribution < -0.4 is 27.4 Å². The number of nitrogens with two attached hydrogens (primary N) is 2. The van der Waals surface area contributed by atoms with Crippen molar-refractivity contribution in [1.29, 1.82) is 0 Å². The van der Waals surface area contributed by atoms with Crippen LogP contribution in [0.25, 0.3) is 0 Å². The Balaban J connectivity index is 1.65. The van der Waals surface area contributed by atoms with E-state index in [-0.39, 0.29) is 55.3 Å². The second kappa shape index (κ2) is 18.3. The Bertz CT molecular complexity index is 1690. The summed E-state index contributed by atoms with van der Waals surface area (Å²) in [6.07, 6.45) is -2.17. The molecular weight excluding hydrogens is 676 g/mol. The van der Waals surface area contributed by atoms with Crippen molar-refractivity contribution in [1.82, 2.24) is 20.9 Å². The number of hydrogen-bond acceptors (Lipinski definition) is 14. The topological polar surface area (TPSA) is 293 Å². The van der Waals surface area contributed by atoms with Crippen LogP contribution in [0.3, 0.4) is 0 Å². The molecule has 1 heterocycles. The molecule has 1 atom stereocenters. The fourth-order valence-corrected chi connectivity index (χ4v) is 4.73. The molecule has 51 heavy (non-hydrogen) atoms. The zero-order valence-electron chi connectivity index (χ0n) is 27.5. The zero-order chi connectivity index (χ0) is 37.6. The van der Waals surface area contributed by atoms with Crippen LogP contribution in [0.4, 0.5) is 9.59 Å². The number of rotatable bonds is 15. The van der Waals surface area contributed by atoms with Gasteiger partial charge in [-0.25, -0.2) is 9.59 Å². The van der Waals surface area contributed by atoms with E-state index in [1.165, 1.54) is 48.5 Å². The van der Waals surface area contributed by atoms with Gasteiger partial charge in [-0.2, -0.15) is 0 Å². The number of Topliss-reactive ketones (excluding diaryl/α,β-unsaturated/α-hetero) is 1. The molecule has 0 spiro atoms. The highest BCUT2D eigenvalue weighted by Crippen LogP contribution is 2.22. The van der Waals surface area contributed by atoms with E-state index in [0.29, 0.717) is 11.1 Å². The number of carboxylic acid groups (broad SMARTS) is 1. The largest absolute Gasteiger partial charge is 0.534 e. The average molecular weight is 713 g/mol. The molecule has 272 valence electrons. The summed E-state index contributed by atoms with van der Waals surface area (Å²) in [5, 5.41) is 24.2. The number of ether oxygens (including phenoxy) is 2. The van der Waals surface area contributed by atoms with Crippen molar-refractivity contribution in [2.45, 2.75) is 18.4 Å². The predicted octanol–water partition coefficient (Wildman–Crippen LogP) is -0.742. The fraction of sp³-hybridized carbons (Fsp3) is 0.323.